The molecular formula is C23H31ClN4O4. The monoisotopic (exact) mass is 462 g/mol. The topological polar surface area (TPSA) is 105 Å². The summed E-state index contributed by atoms with van der Waals surface area (Å²) in [5.41, 5.74) is 0.0338. The van der Waals surface area contributed by atoms with Crippen LogP contribution < -0.4 is 16.3 Å². The zero-order valence-corrected chi connectivity index (χ0v) is 19.4. The van der Waals surface area contributed by atoms with Gasteiger partial charge in [-0.1, -0.05) is 37.3 Å². The van der Waals surface area contributed by atoms with Crippen molar-refractivity contribution in [3.63, 3.8) is 0 Å². The van der Waals surface area contributed by atoms with Crippen LogP contribution in [0.2, 0.25) is 5.02 Å². The lowest BCUT2D eigenvalue weighted by molar-refractivity contribution is -0.121. The molecule has 0 saturated heterocycles. The van der Waals surface area contributed by atoms with Crippen LogP contribution in [0.4, 0.5) is 0 Å². The van der Waals surface area contributed by atoms with Gasteiger partial charge in [0.05, 0.1) is 21.9 Å². The van der Waals surface area contributed by atoms with Gasteiger partial charge in [-0.2, -0.15) is 0 Å². The number of carbonyl (C=O) groups is 2. The number of nitrogens with zero attached hydrogens (tertiary/aromatic N) is 2. The molecule has 3 rings (SSSR count). The number of carbonyl (C=O) groups excluding carboxylic acids is 2. The number of halogens is 1. The van der Waals surface area contributed by atoms with E-state index in [4.69, 9.17) is 11.6 Å². The van der Waals surface area contributed by atoms with Crippen molar-refractivity contribution in [1.82, 2.24) is 19.8 Å². The Bertz CT molecular complexity index is 1040. The van der Waals surface area contributed by atoms with E-state index in [1.54, 1.807) is 31.3 Å². The number of nitrogens with one attached hydrogen (secondary N) is 2. The SMILES string of the molecule is CCNC(=O)Cn1c(C)cn(-c2ccc(Cl)c(C(=O)NCC3(O)CCCCCC3)c2)c1=O. The van der Waals surface area contributed by atoms with Crippen LogP contribution in [-0.4, -0.2) is 44.7 Å². The summed E-state index contributed by atoms with van der Waals surface area (Å²) in [5, 5.41) is 16.5. The highest BCUT2D eigenvalue weighted by atomic mass is 35.5. The van der Waals surface area contributed by atoms with Gasteiger partial charge in [0.1, 0.15) is 6.54 Å². The van der Waals surface area contributed by atoms with Crippen LogP contribution in [-0.2, 0) is 11.3 Å². The third-order valence-electron chi connectivity index (χ3n) is 5.94. The van der Waals surface area contributed by atoms with Crippen LogP contribution in [0.3, 0.4) is 0 Å². The zero-order chi connectivity index (χ0) is 23.3. The smallest absolute Gasteiger partial charge is 0.333 e. The molecule has 1 fully saturated rings. The average molecular weight is 463 g/mol. The van der Waals surface area contributed by atoms with Crippen LogP contribution in [0.1, 0.15) is 61.5 Å². The van der Waals surface area contributed by atoms with E-state index in [2.05, 4.69) is 10.6 Å². The highest BCUT2D eigenvalue weighted by Gasteiger charge is 2.29. The number of amides is 2. The number of hydrogen-bond acceptors (Lipinski definition) is 4. The fourth-order valence-corrected chi connectivity index (χ4v) is 4.31. The summed E-state index contributed by atoms with van der Waals surface area (Å²) in [5.74, 6) is -0.649. The number of imidazole rings is 1. The summed E-state index contributed by atoms with van der Waals surface area (Å²) < 4.78 is 2.77. The van der Waals surface area contributed by atoms with Crippen molar-refractivity contribution in [2.24, 2.45) is 0 Å². The summed E-state index contributed by atoms with van der Waals surface area (Å²) in [7, 11) is 0. The molecule has 8 nitrogen and oxygen atoms in total. The molecule has 9 heteroatoms. The number of aryl methyl sites for hydroxylation is 1. The van der Waals surface area contributed by atoms with E-state index < -0.39 is 11.5 Å². The second-order valence-corrected chi connectivity index (χ2v) is 8.86. The largest absolute Gasteiger partial charge is 0.388 e. The maximum atomic E-state index is 12.9. The molecule has 0 spiro atoms. The predicted molar refractivity (Wildman–Crippen MR) is 123 cm³/mol. The van der Waals surface area contributed by atoms with Crippen molar-refractivity contribution < 1.29 is 14.7 Å². The third-order valence-corrected chi connectivity index (χ3v) is 6.27. The third kappa shape index (κ3) is 5.61. The van der Waals surface area contributed by atoms with E-state index in [1.807, 2.05) is 6.92 Å². The Labute approximate surface area is 192 Å². The lowest BCUT2D eigenvalue weighted by Crippen LogP contribution is -2.42. The van der Waals surface area contributed by atoms with Crippen LogP contribution in [0.5, 0.6) is 0 Å². The van der Waals surface area contributed by atoms with Crippen molar-refractivity contribution in [3.05, 3.63) is 51.2 Å². The first-order valence-electron chi connectivity index (χ1n) is 11.1. The van der Waals surface area contributed by atoms with Crippen LogP contribution in [0, 0.1) is 6.92 Å². The van der Waals surface area contributed by atoms with Crippen LogP contribution >= 0.6 is 11.6 Å². The maximum absolute atomic E-state index is 12.9. The van der Waals surface area contributed by atoms with Gasteiger partial charge in [-0.05, 0) is 44.9 Å². The van der Waals surface area contributed by atoms with E-state index in [1.165, 1.54) is 9.13 Å². The van der Waals surface area contributed by atoms with E-state index >= 15 is 0 Å². The number of aliphatic hydroxyl groups is 1. The molecule has 32 heavy (non-hydrogen) atoms. The number of rotatable bonds is 7. The molecule has 2 aromatic rings. The van der Waals surface area contributed by atoms with E-state index in [-0.39, 0.29) is 35.3 Å². The van der Waals surface area contributed by atoms with E-state index in [9.17, 15) is 19.5 Å². The first-order valence-corrected chi connectivity index (χ1v) is 11.5. The molecule has 3 N–H and O–H groups in total. The molecule has 0 atom stereocenters. The summed E-state index contributed by atoms with van der Waals surface area (Å²) >= 11 is 6.27. The Morgan fingerprint density at radius 2 is 1.84 bits per heavy atom. The second kappa shape index (κ2) is 10.4. The summed E-state index contributed by atoms with van der Waals surface area (Å²) in [6.45, 7) is 4.12. The molecule has 1 heterocycles. The van der Waals surface area contributed by atoms with Gasteiger partial charge in [0.25, 0.3) is 5.91 Å². The minimum atomic E-state index is -0.902. The van der Waals surface area contributed by atoms with Crippen LogP contribution in [0.15, 0.2) is 29.2 Å². The standard InChI is InChI=1S/C23H31ClN4O4/c1-3-25-20(29)14-27-16(2)13-28(22(27)31)17-8-9-19(24)18(12-17)21(30)26-15-23(32)10-6-4-5-7-11-23/h8-9,12-13,32H,3-7,10-11,14-15H2,1-2H3,(H,25,29)(H,26,30). The Morgan fingerprint density at radius 1 is 1.16 bits per heavy atom. The molecule has 1 saturated carbocycles. The van der Waals surface area contributed by atoms with Gasteiger partial charge < -0.3 is 15.7 Å². The second-order valence-electron chi connectivity index (χ2n) is 8.45. The molecular weight excluding hydrogens is 432 g/mol. The van der Waals surface area contributed by atoms with Crippen molar-refractivity contribution in [2.45, 2.75) is 64.5 Å². The van der Waals surface area contributed by atoms with Crippen LogP contribution in [0.25, 0.3) is 5.69 Å². The molecule has 0 bridgehead atoms. The molecule has 1 aliphatic carbocycles. The van der Waals surface area contributed by atoms with Gasteiger partial charge in [-0.15, -0.1) is 0 Å². The van der Waals surface area contributed by atoms with Crippen molar-refractivity contribution in [2.75, 3.05) is 13.1 Å². The molecule has 0 aliphatic heterocycles. The Hall–Kier alpha value is -2.58. The maximum Gasteiger partial charge on any atom is 0.333 e. The molecule has 1 aromatic heterocycles. The highest BCUT2D eigenvalue weighted by Crippen LogP contribution is 2.27. The van der Waals surface area contributed by atoms with E-state index in [0.717, 1.165) is 25.7 Å². The number of likely N-dealkylation sites (N-methyl/N-ethyl adjacent to an activating group) is 1. The number of aromatic nitrogens is 2. The van der Waals surface area contributed by atoms with Gasteiger partial charge in [0.15, 0.2) is 0 Å². The Morgan fingerprint density at radius 3 is 2.50 bits per heavy atom. The predicted octanol–water partition coefficient (Wildman–Crippen LogP) is 2.55. The quantitative estimate of drug-likeness (QED) is 0.550. The summed E-state index contributed by atoms with van der Waals surface area (Å²) in [6, 6.07) is 4.76. The molecule has 174 valence electrons. The lowest BCUT2D eigenvalue weighted by atomic mass is 9.94. The minimum absolute atomic E-state index is 0.0784. The molecule has 0 unspecified atom stereocenters. The fourth-order valence-electron chi connectivity index (χ4n) is 4.11. The average Bonchev–Trinajstić information content (AvgIpc) is 2.91. The molecule has 0 radical (unpaired) electrons. The van der Waals surface area contributed by atoms with Gasteiger partial charge in [0, 0.05) is 25.0 Å². The zero-order valence-electron chi connectivity index (χ0n) is 18.6. The van der Waals surface area contributed by atoms with E-state index in [0.29, 0.717) is 30.8 Å². The van der Waals surface area contributed by atoms with Gasteiger partial charge >= 0.3 is 5.69 Å². The molecule has 1 aromatic carbocycles. The summed E-state index contributed by atoms with van der Waals surface area (Å²) in [4.78, 5) is 37.7. The van der Waals surface area contributed by atoms with Crippen molar-refractivity contribution in [1.29, 1.82) is 0 Å². The first kappa shape index (κ1) is 24.1. The lowest BCUT2D eigenvalue weighted by Gasteiger charge is -2.26. The van der Waals surface area contributed by atoms with Crippen molar-refractivity contribution in [3.8, 4) is 5.69 Å². The number of benzene rings is 1. The fraction of sp³-hybridized carbons (Fsp3) is 0.522. The Kier molecular flexibility index (Phi) is 7.79. The Balaban J connectivity index is 1.80. The molecule has 1 aliphatic rings. The van der Waals surface area contributed by atoms with Crippen molar-refractivity contribution >= 4 is 23.4 Å². The highest BCUT2D eigenvalue weighted by molar-refractivity contribution is 6.33. The summed E-state index contributed by atoms with van der Waals surface area (Å²) in [6.07, 6.45) is 7.02. The molecule has 2 amide bonds. The minimum Gasteiger partial charge on any atom is -0.388 e. The first-order chi connectivity index (χ1) is 15.2. The normalized spacial score (nSPS) is 15.8. The van der Waals surface area contributed by atoms with Gasteiger partial charge in [-0.25, -0.2) is 4.79 Å². The van der Waals surface area contributed by atoms with Gasteiger partial charge in [-0.3, -0.25) is 18.7 Å². The number of hydrogen-bond donors (Lipinski definition) is 3. The van der Waals surface area contributed by atoms with Gasteiger partial charge in [0.2, 0.25) is 5.91 Å².